The molecule has 1 aromatic heterocycles. The van der Waals surface area contributed by atoms with Crippen molar-refractivity contribution < 1.29 is 9.90 Å². The number of hydrogen-bond donors (Lipinski definition) is 1. The smallest absolute Gasteiger partial charge is 0.377 e. The van der Waals surface area contributed by atoms with Gasteiger partial charge in [-0.25, -0.2) is 4.79 Å². The minimum Gasteiger partial charge on any atom is -0.475 e. The molecule has 1 heterocycles. The Morgan fingerprint density at radius 3 is 2.65 bits per heavy atom. The fraction of sp³-hybridized carbons (Fsp3) is 0.200. The van der Waals surface area contributed by atoms with Crippen LogP contribution in [0.3, 0.4) is 0 Å². The molecule has 88 valence electrons. The van der Waals surface area contributed by atoms with Crippen molar-refractivity contribution in [3.63, 3.8) is 0 Å². The van der Waals surface area contributed by atoms with Gasteiger partial charge in [-0.1, -0.05) is 17.7 Å². The van der Waals surface area contributed by atoms with Crippen molar-refractivity contribution in [1.82, 2.24) is 20.2 Å². The number of aryl methyl sites for hydroxylation is 2. The molecule has 2 aromatic rings. The van der Waals surface area contributed by atoms with Crippen LogP contribution in [0, 0.1) is 13.8 Å². The number of halogens is 1. The van der Waals surface area contributed by atoms with Crippen LogP contribution in [0.5, 0.6) is 0 Å². The fourth-order valence-corrected chi connectivity index (χ4v) is 1.95. The number of hydrogen-bond acceptors (Lipinski definition) is 4. The summed E-state index contributed by atoms with van der Waals surface area (Å²) in [5.74, 6) is -1.59. The first-order valence-electron chi connectivity index (χ1n) is 4.79. The third kappa shape index (κ3) is 2.12. The van der Waals surface area contributed by atoms with E-state index >= 15 is 0 Å². The maximum Gasteiger partial charge on any atom is 0.377 e. The van der Waals surface area contributed by atoms with Gasteiger partial charge in [0.1, 0.15) is 5.69 Å². The highest BCUT2D eigenvalue weighted by Gasteiger charge is 2.15. The van der Waals surface area contributed by atoms with E-state index in [1.165, 1.54) is 0 Å². The molecule has 2 rings (SSSR count). The molecule has 0 aliphatic carbocycles. The van der Waals surface area contributed by atoms with Gasteiger partial charge in [-0.05, 0) is 36.3 Å². The summed E-state index contributed by atoms with van der Waals surface area (Å²) in [6.07, 6.45) is 0. The molecular formula is C10H9ClN4O2. The standard InChI is InChI=1S/C10H9ClN4O2/c1-5-3-6(2)8(7(11)4-5)15-13-9(10(16)17)12-14-15/h3-4H,1-2H3,(H,16,17). The average molecular weight is 253 g/mol. The number of aromatic nitrogens is 4. The zero-order valence-electron chi connectivity index (χ0n) is 9.18. The minimum absolute atomic E-state index is 0.360. The van der Waals surface area contributed by atoms with E-state index in [9.17, 15) is 4.79 Å². The first kappa shape index (κ1) is 11.5. The Bertz CT molecular complexity index is 571. The maximum atomic E-state index is 10.7. The minimum atomic E-state index is -1.22. The monoisotopic (exact) mass is 252 g/mol. The van der Waals surface area contributed by atoms with Crippen LogP contribution < -0.4 is 0 Å². The van der Waals surface area contributed by atoms with Crippen molar-refractivity contribution in [2.45, 2.75) is 13.8 Å². The summed E-state index contributed by atoms with van der Waals surface area (Å²) in [5, 5.41) is 20.0. The van der Waals surface area contributed by atoms with Crippen molar-refractivity contribution in [3.05, 3.63) is 34.1 Å². The molecule has 0 saturated heterocycles. The van der Waals surface area contributed by atoms with Crippen LogP contribution in [0.4, 0.5) is 0 Å². The quantitative estimate of drug-likeness (QED) is 0.879. The average Bonchev–Trinajstić information content (AvgIpc) is 2.65. The van der Waals surface area contributed by atoms with E-state index in [2.05, 4.69) is 15.4 Å². The summed E-state index contributed by atoms with van der Waals surface area (Å²) in [4.78, 5) is 11.8. The van der Waals surface area contributed by atoms with Gasteiger partial charge in [-0.15, -0.1) is 15.0 Å². The fourth-order valence-electron chi connectivity index (χ4n) is 1.56. The number of aromatic carboxylic acids is 1. The summed E-state index contributed by atoms with van der Waals surface area (Å²) in [7, 11) is 0. The molecule has 0 bridgehead atoms. The number of benzene rings is 1. The molecule has 17 heavy (non-hydrogen) atoms. The lowest BCUT2D eigenvalue weighted by atomic mass is 10.1. The first-order valence-corrected chi connectivity index (χ1v) is 5.17. The van der Waals surface area contributed by atoms with E-state index in [0.29, 0.717) is 10.7 Å². The molecule has 0 spiro atoms. The van der Waals surface area contributed by atoms with Crippen molar-refractivity contribution in [3.8, 4) is 5.69 Å². The Labute approximate surface area is 102 Å². The summed E-state index contributed by atoms with van der Waals surface area (Å²) in [6, 6.07) is 3.67. The van der Waals surface area contributed by atoms with Gasteiger partial charge >= 0.3 is 5.97 Å². The summed E-state index contributed by atoms with van der Waals surface area (Å²) in [6.45, 7) is 3.76. The Kier molecular flexibility index (Phi) is 2.81. The van der Waals surface area contributed by atoms with E-state index in [4.69, 9.17) is 16.7 Å². The molecule has 0 radical (unpaired) electrons. The lowest BCUT2D eigenvalue weighted by molar-refractivity contribution is 0.0683. The number of carbonyl (C=O) groups is 1. The first-order chi connectivity index (χ1) is 7.99. The second kappa shape index (κ2) is 4.14. The Balaban J connectivity index is 2.56. The Morgan fingerprint density at radius 2 is 2.12 bits per heavy atom. The van der Waals surface area contributed by atoms with Crippen LogP contribution in [0.2, 0.25) is 5.02 Å². The molecule has 0 amide bonds. The highest BCUT2D eigenvalue weighted by Crippen LogP contribution is 2.24. The zero-order chi connectivity index (χ0) is 12.6. The molecule has 0 aliphatic rings. The molecule has 1 N–H and O–H groups in total. The van der Waals surface area contributed by atoms with E-state index < -0.39 is 5.97 Å². The molecule has 0 fully saturated rings. The molecular weight excluding hydrogens is 244 g/mol. The van der Waals surface area contributed by atoms with Gasteiger partial charge in [-0.3, -0.25) is 0 Å². The highest BCUT2D eigenvalue weighted by atomic mass is 35.5. The van der Waals surface area contributed by atoms with Crippen LogP contribution >= 0.6 is 11.6 Å². The molecule has 0 aliphatic heterocycles. The van der Waals surface area contributed by atoms with E-state index in [1.54, 1.807) is 6.07 Å². The normalized spacial score (nSPS) is 10.5. The molecule has 0 saturated carbocycles. The van der Waals surface area contributed by atoms with Crippen LogP contribution in [0.25, 0.3) is 5.69 Å². The van der Waals surface area contributed by atoms with Crippen molar-refractivity contribution in [2.24, 2.45) is 0 Å². The van der Waals surface area contributed by atoms with Crippen molar-refractivity contribution >= 4 is 17.6 Å². The van der Waals surface area contributed by atoms with Crippen LogP contribution in [-0.4, -0.2) is 31.3 Å². The topological polar surface area (TPSA) is 80.9 Å². The molecule has 6 nitrogen and oxygen atoms in total. The van der Waals surface area contributed by atoms with E-state index in [-0.39, 0.29) is 5.82 Å². The number of nitrogens with zero attached hydrogens (tertiary/aromatic N) is 4. The highest BCUT2D eigenvalue weighted by molar-refractivity contribution is 6.32. The zero-order valence-corrected chi connectivity index (χ0v) is 9.93. The van der Waals surface area contributed by atoms with Crippen molar-refractivity contribution in [1.29, 1.82) is 0 Å². The Morgan fingerprint density at radius 1 is 1.41 bits per heavy atom. The Hall–Kier alpha value is -1.95. The van der Waals surface area contributed by atoms with Crippen molar-refractivity contribution in [2.75, 3.05) is 0 Å². The second-order valence-corrected chi connectivity index (χ2v) is 4.03. The van der Waals surface area contributed by atoms with Gasteiger partial charge in [0.2, 0.25) is 0 Å². The summed E-state index contributed by atoms with van der Waals surface area (Å²) >= 11 is 6.08. The number of carboxylic acids is 1. The van der Waals surface area contributed by atoms with Gasteiger partial charge in [-0.2, -0.15) is 0 Å². The maximum absolute atomic E-state index is 10.7. The number of rotatable bonds is 2. The lowest BCUT2D eigenvalue weighted by Crippen LogP contribution is -2.05. The molecule has 7 heteroatoms. The van der Waals surface area contributed by atoms with Crippen LogP contribution in [0.15, 0.2) is 12.1 Å². The number of tetrazole rings is 1. The van der Waals surface area contributed by atoms with Gasteiger partial charge in [0.15, 0.2) is 0 Å². The number of carboxylic acid groups (broad SMARTS) is 1. The van der Waals surface area contributed by atoms with Gasteiger partial charge in [0, 0.05) is 0 Å². The third-order valence-corrected chi connectivity index (χ3v) is 2.49. The predicted octanol–water partition coefficient (Wildman–Crippen LogP) is 1.63. The third-order valence-electron chi connectivity index (χ3n) is 2.20. The second-order valence-electron chi connectivity index (χ2n) is 3.62. The van der Waals surface area contributed by atoms with E-state index in [1.807, 2.05) is 19.9 Å². The lowest BCUT2D eigenvalue weighted by Gasteiger charge is -2.07. The van der Waals surface area contributed by atoms with Gasteiger partial charge < -0.3 is 5.11 Å². The summed E-state index contributed by atoms with van der Waals surface area (Å²) < 4.78 is 0. The largest absolute Gasteiger partial charge is 0.475 e. The molecule has 1 aromatic carbocycles. The molecule has 0 atom stereocenters. The predicted molar refractivity (Wildman–Crippen MR) is 60.6 cm³/mol. The van der Waals surface area contributed by atoms with Gasteiger partial charge in [0.25, 0.3) is 5.82 Å². The summed E-state index contributed by atoms with van der Waals surface area (Å²) in [5.41, 5.74) is 2.40. The van der Waals surface area contributed by atoms with Gasteiger partial charge in [0.05, 0.1) is 5.02 Å². The van der Waals surface area contributed by atoms with E-state index in [0.717, 1.165) is 15.9 Å². The SMILES string of the molecule is Cc1cc(C)c(-n2nnc(C(=O)O)n2)c(Cl)c1. The van der Waals surface area contributed by atoms with Crippen LogP contribution in [0.1, 0.15) is 21.7 Å². The molecule has 0 unspecified atom stereocenters. The van der Waals surface area contributed by atoms with Crippen LogP contribution in [-0.2, 0) is 0 Å².